The van der Waals surface area contributed by atoms with Crippen molar-refractivity contribution in [2.45, 2.75) is 32.9 Å². The zero-order valence-corrected chi connectivity index (χ0v) is 11.2. The Labute approximate surface area is 109 Å². The van der Waals surface area contributed by atoms with Crippen LogP contribution in [-0.2, 0) is 0 Å². The summed E-state index contributed by atoms with van der Waals surface area (Å²) in [5.74, 6) is 0. The molecule has 0 aliphatic rings. The summed E-state index contributed by atoms with van der Waals surface area (Å²) in [4.78, 5) is 4.05. The highest BCUT2D eigenvalue weighted by molar-refractivity contribution is 5.25. The fourth-order valence-electron chi connectivity index (χ4n) is 2.16. The standard InChI is InChI=1S/C16H20N2/c1-12-5-4-6-16(11-12)14(3)18-13(2)15-7-9-17-10-8-15/h4-11,13-14,18H,1-3H3/t13?,14-/m0/s1. The maximum absolute atomic E-state index is 4.05. The molecule has 1 aromatic carbocycles. The van der Waals surface area contributed by atoms with Crippen molar-refractivity contribution in [2.75, 3.05) is 0 Å². The summed E-state index contributed by atoms with van der Waals surface area (Å²) in [6.07, 6.45) is 3.68. The van der Waals surface area contributed by atoms with E-state index in [-0.39, 0.29) is 0 Å². The molecule has 0 aliphatic carbocycles. The zero-order chi connectivity index (χ0) is 13.0. The van der Waals surface area contributed by atoms with Crippen LogP contribution in [-0.4, -0.2) is 4.98 Å². The molecular formula is C16H20N2. The number of pyridine rings is 1. The van der Waals surface area contributed by atoms with Crippen molar-refractivity contribution in [1.82, 2.24) is 10.3 Å². The predicted octanol–water partition coefficient (Wildman–Crippen LogP) is 3.80. The second-order valence-electron chi connectivity index (χ2n) is 4.80. The molecule has 1 unspecified atom stereocenters. The van der Waals surface area contributed by atoms with Gasteiger partial charge in [-0.15, -0.1) is 0 Å². The van der Waals surface area contributed by atoms with Gasteiger partial charge in [-0.25, -0.2) is 0 Å². The quantitative estimate of drug-likeness (QED) is 0.879. The Hall–Kier alpha value is -1.67. The van der Waals surface area contributed by atoms with Gasteiger partial charge in [0.2, 0.25) is 0 Å². The van der Waals surface area contributed by atoms with Gasteiger partial charge in [0, 0.05) is 24.5 Å². The number of hydrogen-bond donors (Lipinski definition) is 1. The van der Waals surface area contributed by atoms with E-state index >= 15 is 0 Å². The van der Waals surface area contributed by atoms with E-state index in [1.165, 1.54) is 16.7 Å². The van der Waals surface area contributed by atoms with E-state index in [9.17, 15) is 0 Å². The fourth-order valence-corrected chi connectivity index (χ4v) is 2.16. The van der Waals surface area contributed by atoms with Crippen LogP contribution in [0.15, 0.2) is 48.8 Å². The number of aromatic nitrogens is 1. The summed E-state index contributed by atoms with van der Waals surface area (Å²) < 4.78 is 0. The Kier molecular flexibility index (Phi) is 4.11. The number of hydrogen-bond acceptors (Lipinski definition) is 2. The molecule has 0 spiro atoms. The minimum atomic E-state index is 0.323. The third-order valence-corrected chi connectivity index (χ3v) is 3.25. The molecule has 1 N–H and O–H groups in total. The third kappa shape index (κ3) is 3.17. The van der Waals surface area contributed by atoms with Crippen molar-refractivity contribution >= 4 is 0 Å². The highest BCUT2D eigenvalue weighted by atomic mass is 14.9. The Morgan fingerprint density at radius 1 is 0.944 bits per heavy atom. The highest BCUT2D eigenvalue weighted by Gasteiger charge is 2.10. The number of aryl methyl sites for hydroxylation is 1. The summed E-state index contributed by atoms with van der Waals surface area (Å²) in [6.45, 7) is 6.51. The van der Waals surface area contributed by atoms with Crippen molar-refractivity contribution in [1.29, 1.82) is 0 Å². The van der Waals surface area contributed by atoms with Crippen LogP contribution in [0.25, 0.3) is 0 Å². The lowest BCUT2D eigenvalue weighted by atomic mass is 10.0. The van der Waals surface area contributed by atoms with Crippen LogP contribution in [0.4, 0.5) is 0 Å². The highest BCUT2D eigenvalue weighted by Crippen LogP contribution is 2.19. The average Bonchev–Trinajstić information content (AvgIpc) is 2.39. The van der Waals surface area contributed by atoms with Crippen LogP contribution < -0.4 is 5.32 Å². The molecule has 2 heteroatoms. The molecule has 0 saturated carbocycles. The monoisotopic (exact) mass is 240 g/mol. The Bertz CT molecular complexity index is 493. The second kappa shape index (κ2) is 5.78. The van der Waals surface area contributed by atoms with Crippen molar-refractivity contribution < 1.29 is 0 Å². The van der Waals surface area contributed by atoms with Crippen LogP contribution in [0, 0.1) is 6.92 Å². The van der Waals surface area contributed by atoms with Gasteiger partial charge in [0.25, 0.3) is 0 Å². The van der Waals surface area contributed by atoms with Crippen molar-refractivity contribution in [2.24, 2.45) is 0 Å². The van der Waals surface area contributed by atoms with E-state index in [2.05, 4.69) is 67.5 Å². The summed E-state index contributed by atoms with van der Waals surface area (Å²) in [6, 6.07) is 13.4. The maximum atomic E-state index is 4.05. The van der Waals surface area contributed by atoms with Crippen LogP contribution in [0.2, 0.25) is 0 Å². The van der Waals surface area contributed by atoms with E-state index in [0.717, 1.165) is 0 Å². The maximum Gasteiger partial charge on any atom is 0.0298 e. The minimum absolute atomic E-state index is 0.323. The van der Waals surface area contributed by atoms with E-state index in [4.69, 9.17) is 0 Å². The molecule has 0 aliphatic heterocycles. The van der Waals surface area contributed by atoms with Gasteiger partial charge in [-0.3, -0.25) is 4.98 Å². The van der Waals surface area contributed by atoms with Gasteiger partial charge in [-0.2, -0.15) is 0 Å². The van der Waals surface area contributed by atoms with Gasteiger partial charge in [0.05, 0.1) is 0 Å². The molecular weight excluding hydrogens is 220 g/mol. The molecule has 18 heavy (non-hydrogen) atoms. The molecule has 94 valence electrons. The summed E-state index contributed by atoms with van der Waals surface area (Å²) in [7, 11) is 0. The third-order valence-electron chi connectivity index (χ3n) is 3.25. The number of nitrogens with zero attached hydrogens (tertiary/aromatic N) is 1. The Balaban J connectivity index is 2.05. The van der Waals surface area contributed by atoms with Crippen molar-refractivity contribution in [3.8, 4) is 0 Å². The smallest absolute Gasteiger partial charge is 0.0298 e. The molecule has 1 heterocycles. The molecule has 2 atom stereocenters. The lowest BCUT2D eigenvalue weighted by molar-refractivity contribution is 0.494. The largest absolute Gasteiger partial charge is 0.304 e. The molecule has 1 aromatic heterocycles. The molecule has 0 radical (unpaired) electrons. The fraction of sp³-hybridized carbons (Fsp3) is 0.312. The molecule has 0 fully saturated rings. The molecule has 0 bridgehead atoms. The summed E-state index contributed by atoms with van der Waals surface area (Å²) >= 11 is 0. The minimum Gasteiger partial charge on any atom is -0.304 e. The zero-order valence-electron chi connectivity index (χ0n) is 11.2. The number of nitrogens with one attached hydrogen (secondary N) is 1. The van der Waals surface area contributed by atoms with Gasteiger partial charge in [-0.1, -0.05) is 29.8 Å². The number of benzene rings is 1. The Morgan fingerprint density at radius 2 is 1.61 bits per heavy atom. The van der Waals surface area contributed by atoms with Crippen molar-refractivity contribution in [3.63, 3.8) is 0 Å². The first-order chi connectivity index (χ1) is 8.66. The first kappa shape index (κ1) is 12.8. The molecule has 0 saturated heterocycles. The lowest BCUT2D eigenvalue weighted by Gasteiger charge is -2.21. The van der Waals surface area contributed by atoms with Crippen LogP contribution in [0.1, 0.15) is 42.6 Å². The molecule has 2 rings (SSSR count). The van der Waals surface area contributed by atoms with Crippen LogP contribution in [0.5, 0.6) is 0 Å². The molecule has 0 amide bonds. The lowest BCUT2D eigenvalue weighted by Crippen LogP contribution is -2.22. The Morgan fingerprint density at radius 3 is 2.28 bits per heavy atom. The normalized spacial score (nSPS) is 14.2. The van der Waals surface area contributed by atoms with Gasteiger partial charge in [0.1, 0.15) is 0 Å². The van der Waals surface area contributed by atoms with E-state index in [0.29, 0.717) is 12.1 Å². The topological polar surface area (TPSA) is 24.9 Å². The molecule has 2 nitrogen and oxygen atoms in total. The van der Waals surface area contributed by atoms with E-state index < -0.39 is 0 Å². The summed E-state index contributed by atoms with van der Waals surface area (Å²) in [5.41, 5.74) is 3.90. The number of rotatable bonds is 4. The first-order valence-corrected chi connectivity index (χ1v) is 6.39. The SMILES string of the molecule is Cc1cccc([C@H](C)NC(C)c2ccncc2)c1. The van der Waals surface area contributed by atoms with Gasteiger partial charge < -0.3 is 5.32 Å². The van der Waals surface area contributed by atoms with E-state index in [1.807, 2.05) is 12.4 Å². The average molecular weight is 240 g/mol. The van der Waals surface area contributed by atoms with Crippen molar-refractivity contribution in [3.05, 3.63) is 65.5 Å². The van der Waals surface area contributed by atoms with Gasteiger partial charge in [-0.05, 0) is 44.0 Å². The summed E-state index contributed by atoms with van der Waals surface area (Å²) in [5, 5.41) is 3.61. The predicted molar refractivity (Wildman–Crippen MR) is 75.4 cm³/mol. The van der Waals surface area contributed by atoms with Crippen LogP contribution >= 0.6 is 0 Å². The first-order valence-electron chi connectivity index (χ1n) is 6.39. The van der Waals surface area contributed by atoms with Gasteiger partial charge >= 0.3 is 0 Å². The van der Waals surface area contributed by atoms with Crippen LogP contribution in [0.3, 0.4) is 0 Å². The second-order valence-corrected chi connectivity index (χ2v) is 4.80. The van der Waals surface area contributed by atoms with E-state index in [1.54, 1.807) is 0 Å². The van der Waals surface area contributed by atoms with Gasteiger partial charge in [0.15, 0.2) is 0 Å². The molecule has 2 aromatic rings.